The Hall–Kier alpha value is -3.85. The number of aromatic amines is 1. The number of benzene rings is 1. The maximum absolute atomic E-state index is 13.4. The van der Waals surface area contributed by atoms with Gasteiger partial charge in [0, 0.05) is 24.3 Å². The number of likely N-dealkylation sites (N-methyl/N-ethyl adjacent to an activating group) is 1. The number of carbonyl (C=O) groups is 3. The van der Waals surface area contributed by atoms with Crippen molar-refractivity contribution >= 4 is 23.4 Å². The number of nitrogens with one attached hydrogen (secondary N) is 1. The van der Waals surface area contributed by atoms with Crippen LogP contribution in [0.2, 0.25) is 0 Å². The third kappa shape index (κ3) is 5.46. The van der Waals surface area contributed by atoms with Crippen LogP contribution < -0.4 is 4.74 Å². The van der Waals surface area contributed by atoms with E-state index >= 15 is 0 Å². The zero-order chi connectivity index (χ0) is 27.3. The van der Waals surface area contributed by atoms with Gasteiger partial charge in [-0.3, -0.25) is 9.59 Å². The van der Waals surface area contributed by atoms with E-state index in [0.717, 1.165) is 13.1 Å². The Kier molecular flexibility index (Phi) is 8.94. The molecule has 2 heterocycles. The molecule has 1 aromatic heterocycles. The van der Waals surface area contributed by atoms with Crippen molar-refractivity contribution in [2.24, 2.45) is 0 Å². The van der Waals surface area contributed by atoms with Crippen LogP contribution >= 0.6 is 0 Å². The van der Waals surface area contributed by atoms with Gasteiger partial charge in [-0.1, -0.05) is 38.6 Å². The summed E-state index contributed by atoms with van der Waals surface area (Å²) in [5.41, 5.74) is 1.97. The topological polar surface area (TPSA) is 112 Å². The maximum Gasteiger partial charge on any atom is 0.354 e. The highest BCUT2D eigenvalue weighted by Crippen LogP contribution is 2.41. The number of carbonyl (C=O) groups excluding carboxylic acids is 3. The summed E-state index contributed by atoms with van der Waals surface area (Å²) in [7, 11) is 1.26. The zero-order valence-corrected chi connectivity index (χ0v) is 22.1. The van der Waals surface area contributed by atoms with Crippen molar-refractivity contribution in [2.75, 3.05) is 39.9 Å². The Morgan fingerprint density at radius 2 is 1.95 bits per heavy atom. The molecule has 0 bridgehead atoms. The first-order chi connectivity index (χ1) is 17.7. The van der Waals surface area contributed by atoms with Gasteiger partial charge in [-0.2, -0.15) is 0 Å². The van der Waals surface area contributed by atoms with Gasteiger partial charge in [0.05, 0.1) is 18.7 Å². The van der Waals surface area contributed by atoms with Gasteiger partial charge in [0.2, 0.25) is 0 Å². The number of aromatic nitrogens is 1. The normalized spacial score (nSPS) is 16.9. The molecule has 0 saturated carbocycles. The largest absolute Gasteiger partial charge is 0.507 e. The number of ketones is 1. The molecule has 0 spiro atoms. The SMILES string of the molecule is C=CCOc1cccc(C2C(=C(O)c3c(C)[nH]c(C(=O)OC)c3C)C(=O)C(=O)N2CCN(CC)CC)c1. The van der Waals surface area contributed by atoms with Crippen LogP contribution in [0.4, 0.5) is 0 Å². The first kappa shape index (κ1) is 27.7. The lowest BCUT2D eigenvalue weighted by molar-refractivity contribution is -0.140. The zero-order valence-electron chi connectivity index (χ0n) is 22.1. The molecule has 1 atom stereocenters. The predicted octanol–water partition coefficient (Wildman–Crippen LogP) is 3.75. The summed E-state index contributed by atoms with van der Waals surface area (Å²) in [5.74, 6) is -1.85. The summed E-state index contributed by atoms with van der Waals surface area (Å²) < 4.78 is 10.5. The molecule has 1 saturated heterocycles. The van der Waals surface area contributed by atoms with Crippen molar-refractivity contribution < 1.29 is 29.0 Å². The third-order valence-electron chi connectivity index (χ3n) is 6.70. The Labute approximate surface area is 217 Å². The van der Waals surface area contributed by atoms with Gasteiger partial charge in [-0.25, -0.2) is 4.79 Å². The number of rotatable bonds is 11. The van der Waals surface area contributed by atoms with Crippen LogP contribution in [0.3, 0.4) is 0 Å². The molecule has 3 rings (SSSR count). The number of hydrogen-bond acceptors (Lipinski definition) is 7. The molecular formula is C28H35N3O6. The first-order valence-electron chi connectivity index (χ1n) is 12.3. The minimum atomic E-state index is -0.835. The van der Waals surface area contributed by atoms with Crippen LogP contribution in [-0.2, 0) is 14.3 Å². The fraction of sp³-hybridized carbons (Fsp3) is 0.393. The number of H-pyrrole nitrogens is 1. The Morgan fingerprint density at radius 3 is 2.57 bits per heavy atom. The average Bonchev–Trinajstić information content (AvgIpc) is 3.34. The van der Waals surface area contributed by atoms with E-state index in [9.17, 15) is 19.5 Å². The summed E-state index contributed by atoms with van der Waals surface area (Å²) in [6.45, 7) is 13.8. The number of esters is 1. The van der Waals surface area contributed by atoms with Gasteiger partial charge in [-0.05, 0) is 50.2 Å². The van der Waals surface area contributed by atoms with Gasteiger partial charge in [0.15, 0.2) is 0 Å². The van der Waals surface area contributed by atoms with Crippen LogP contribution in [0.5, 0.6) is 5.75 Å². The molecule has 1 aliphatic rings. The lowest BCUT2D eigenvalue weighted by atomic mass is 9.94. The van der Waals surface area contributed by atoms with Crippen LogP contribution in [0.25, 0.3) is 5.76 Å². The molecule has 1 fully saturated rings. The van der Waals surface area contributed by atoms with E-state index in [2.05, 4.69) is 16.5 Å². The highest BCUT2D eigenvalue weighted by atomic mass is 16.5. The van der Waals surface area contributed by atoms with Gasteiger partial charge in [0.1, 0.15) is 23.8 Å². The van der Waals surface area contributed by atoms with Crippen LogP contribution in [0, 0.1) is 13.8 Å². The summed E-state index contributed by atoms with van der Waals surface area (Å²) >= 11 is 0. The Morgan fingerprint density at radius 1 is 1.24 bits per heavy atom. The standard InChI is InChI=1S/C28H35N3O6/c1-7-15-37-20-12-10-11-19(16-20)24-22(26(33)27(34)31(24)14-13-30(8-2)9-3)25(32)21-17(4)23(28(35)36-6)29-18(21)5/h7,10-12,16,24,29,32H,1,8-9,13-15H2,2-6H3. The number of aliphatic hydroxyl groups is 1. The second-order valence-corrected chi connectivity index (χ2v) is 8.81. The quantitative estimate of drug-likeness (QED) is 0.156. The monoisotopic (exact) mass is 509 g/mol. The molecule has 1 amide bonds. The third-order valence-corrected chi connectivity index (χ3v) is 6.70. The van der Waals surface area contributed by atoms with Crippen LogP contribution in [0.1, 0.15) is 52.8 Å². The molecule has 1 unspecified atom stereocenters. The first-order valence-corrected chi connectivity index (χ1v) is 12.3. The second kappa shape index (κ2) is 11.9. The van der Waals surface area contributed by atoms with Crippen molar-refractivity contribution in [1.29, 1.82) is 0 Å². The fourth-order valence-corrected chi connectivity index (χ4v) is 4.72. The molecule has 0 aliphatic carbocycles. The van der Waals surface area contributed by atoms with Crippen molar-refractivity contribution in [3.05, 3.63) is 70.6 Å². The highest BCUT2D eigenvalue weighted by Gasteiger charge is 2.46. The van der Waals surface area contributed by atoms with Crippen molar-refractivity contribution in [2.45, 2.75) is 33.7 Å². The number of likely N-dealkylation sites (tertiary alicyclic amines) is 1. The summed E-state index contributed by atoms with van der Waals surface area (Å²) in [4.78, 5) is 45.5. The molecule has 198 valence electrons. The molecule has 2 aromatic rings. The van der Waals surface area contributed by atoms with E-state index < -0.39 is 23.7 Å². The van der Waals surface area contributed by atoms with Gasteiger partial charge >= 0.3 is 5.97 Å². The van der Waals surface area contributed by atoms with E-state index in [0.29, 0.717) is 47.8 Å². The molecule has 37 heavy (non-hydrogen) atoms. The Balaban J connectivity index is 2.19. The fourth-order valence-electron chi connectivity index (χ4n) is 4.72. The average molecular weight is 510 g/mol. The van der Waals surface area contributed by atoms with Crippen LogP contribution in [-0.4, -0.2) is 77.4 Å². The van der Waals surface area contributed by atoms with E-state index in [1.165, 1.54) is 12.0 Å². The predicted molar refractivity (Wildman–Crippen MR) is 141 cm³/mol. The highest BCUT2D eigenvalue weighted by molar-refractivity contribution is 6.46. The number of Topliss-reactive ketones (excluding diaryl/α,β-unsaturated/α-hetero) is 1. The number of amides is 1. The minimum Gasteiger partial charge on any atom is -0.507 e. The maximum atomic E-state index is 13.4. The number of nitrogens with zero attached hydrogens (tertiary/aromatic N) is 2. The lowest BCUT2D eigenvalue weighted by Gasteiger charge is -2.28. The van der Waals surface area contributed by atoms with Crippen molar-refractivity contribution in [3.63, 3.8) is 0 Å². The van der Waals surface area contributed by atoms with E-state index in [4.69, 9.17) is 9.47 Å². The molecule has 0 radical (unpaired) electrons. The van der Waals surface area contributed by atoms with E-state index in [-0.39, 0.29) is 17.0 Å². The summed E-state index contributed by atoms with van der Waals surface area (Å²) in [5, 5.41) is 11.5. The molecular weight excluding hydrogens is 474 g/mol. The summed E-state index contributed by atoms with van der Waals surface area (Å²) in [6, 6.07) is 6.27. The van der Waals surface area contributed by atoms with Gasteiger partial charge in [-0.15, -0.1) is 0 Å². The van der Waals surface area contributed by atoms with Crippen molar-refractivity contribution in [3.8, 4) is 5.75 Å². The molecule has 9 heteroatoms. The number of methoxy groups -OCH3 is 1. The van der Waals surface area contributed by atoms with Gasteiger partial charge < -0.3 is 29.4 Å². The lowest BCUT2D eigenvalue weighted by Crippen LogP contribution is -2.38. The molecule has 9 nitrogen and oxygen atoms in total. The second-order valence-electron chi connectivity index (χ2n) is 8.81. The number of hydrogen-bond donors (Lipinski definition) is 2. The molecule has 1 aliphatic heterocycles. The van der Waals surface area contributed by atoms with Crippen molar-refractivity contribution in [1.82, 2.24) is 14.8 Å². The van der Waals surface area contributed by atoms with E-state index in [1.54, 1.807) is 44.2 Å². The molecule has 1 aromatic carbocycles. The minimum absolute atomic E-state index is 0.0352. The molecule has 2 N–H and O–H groups in total. The number of aryl methyl sites for hydroxylation is 1. The van der Waals surface area contributed by atoms with E-state index in [1.807, 2.05) is 13.8 Å². The smallest absolute Gasteiger partial charge is 0.354 e. The van der Waals surface area contributed by atoms with Gasteiger partial charge in [0.25, 0.3) is 11.7 Å². The number of aliphatic hydroxyl groups excluding tert-OH is 1. The Bertz CT molecular complexity index is 1220. The number of ether oxygens (including phenoxy) is 2. The summed E-state index contributed by atoms with van der Waals surface area (Å²) in [6.07, 6.45) is 1.62. The van der Waals surface area contributed by atoms with Crippen LogP contribution in [0.15, 0.2) is 42.5 Å².